The molecule has 7 heteroatoms. The van der Waals surface area contributed by atoms with Gasteiger partial charge in [0.1, 0.15) is 0 Å². The van der Waals surface area contributed by atoms with Gasteiger partial charge in [0.2, 0.25) is 5.28 Å². The van der Waals surface area contributed by atoms with Gasteiger partial charge in [-0.25, -0.2) is 4.68 Å². The summed E-state index contributed by atoms with van der Waals surface area (Å²) in [5.74, 6) is 0.866. The second kappa shape index (κ2) is 7.93. The van der Waals surface area contributed by atoms with Crippen molar-refractivity contribution < 1.29 is 4.74 Å². The van der Waals surface area contributed by atoms with Crippen LogP contribution < -0.4 is 4.74 Å². The summed E-state index contributed by atoms with van der Waals surface area (Å²) >= 11 is 5.92. The van der Waals surface area contributed by atoms with E-state index in [4.69, 9.17) is 16.3 Å². The van der Waals surface area contributed by atoms with Crippen LogP contribution in [-0.4, -0.2) is 31.3 Å². The fourth-order valence-electron chi connectivity index (χ4n) is 1.97. The summed E-state index contributed by atoms with van der Waals surface area (Å²) in [6.45, 7) is 4.95. The number of halogens is 1. The SMILES string of the molecule is CCCCC(CC)COc1nc(Cl)nc(-n2cccn2)n1. The van der Waals surface area contributed by atoms with Crippen LogP contribution >= 0.6 is 11.6 Å². The molecular formula is C14H20ClN5O. The molecule has 0 radical (unpaired) electrons. The van der Waals surface area contributed by atoms with Crippen molar-refractivity contribution in [3.05, 3.63) is 23.7 Å². The van der Waals surface area contributed by atoms with E-state index in [1.165, 1.54) is 17.5 Å². The first-order chi connectivity index (χ1) is 10.2. The van der Waals surface area contributed by atoms with Crippen LogP contribution in [0.1, 0.15) is 39.5 Å². The molecule has 2 heterocycles. The summed E-state index contributed by atoms with van der Waals surface area (Å²) in [6, 6.07) is 2.03. The number of hydrogen-bond acceptors (Lipinski definition) is 5. The van der Waals surface area contributed by atoms with Gasteiger partial charge in [0, 0.05) is 12.4 Å². The molecular weight excluding hydrogens is 290 g/mol. The average molecular weight is 310 g/mol. The van der Waals surface area contributed by atoms with Crippen LogP contribution in [0.4, 0.5) is 0 Å². The van der Waals surface area contributed by atoms with E-state index in [1.807, 2.05) is 0 Å². The Morgan fingerprint density at radius 3 is 2.81 bits per heavy atom. The zero-order chi connectivity index (χ0) is 15.1. The van der Waals surface area contributed by atoms with E-state index in [9.17, 15) is 0 Å². The quantitative estimate of drug-likeness (QED) is 0.748. The van der Waals surface area contributed by atoms with Crippen molar-refractivity contribution in [1.29, 1.82) is 0 Å². The van der Waals surface area contributed by atoms with Crippen LogP contribution in [0.3, 0.4) is 0 Å². The second-order valence-electron chi connectivity index (χ2n) is 4.87. The highest BCUT2D eigenvalue weighted by atomic mass is 35.5. The molecule has 0 bridgehead atoms. The first-order valence-electron chi connectivity index (χ1n) is 7.27. The molecule has 1 unspecified atom stereocenters. The molecule has 1 atom stereocenters. The van der Waals surface area contributed by atoms with Gasteiger partial charge in [0.25, 0.3) is 5.95 Å². The van der Waals surface area contributed by atoms with Crippen LogP contribution in [0.25, 0.3) is 5.95 Å². The van der Waals surface area contributed by atoms with Crippen molar-refractivity contribution >= 4 is 11.6 Å². The molecule has 0 saturated carbocycles. The van der Waals surface area contributed by atoms with Crippen LogP contribution in [0, 0.1) is 5.92 Å². The molecule has 114 valence electrons. The summed E-state index contributed by atoms with van der Waals surface area (Å²) in [7, 11) is 0. The average Bonchev–Trinajstić information content (AvgIpc) is 3.01. The van der Waals surface area contributed by atoms with Crippen molar-refractivity contribution in [2.45, 2.75) is 39.5 Å². The third kappa shape index (κ3) is 4.67. The largest absolute Gasteiger partial charge is 0.463 e. The Bertz CT molecular complexity index is 546. The summed E-state index contributed by atoms with van der Waals surface area (Å²) in [6.07, 6.45) is 8.01. The predicted octanol–water partition coefficient (Wildman–Crippen LogP) is 3.31. The molecule has 0 aliphatic heterocycles. The number of hydrogen-bond donors (Lipinski definition) is 0. The van der Waals surface area contributed by atoms with Gasteiger partial charge in [-0.05, 0) is 30.0 Å². The minimum atomic E-state index is 0.104. The molecule has 6 nitrogen and oxygen atoms in total. The molecule has 0 fully saturated rings. The second-order valence-corrected chi connectivity index (χ2v) is 5.20. The van der Waals surface area contributed by atoms with Gasteiger partial charge >= 0.3 is 6.01 Å². The lowest BCUT2D eigenvalue weighted by Gasteiger charge is -2.14. The van der Waals surface area contributed by atoms with Crippen LogP contribution in [-0.2, 0) is 0 Å². The van der Waals surface area contributed by atoms with Crippen molar-refractivity contribution in [3.8, 4) is 12.0 Å². The molecule has 2 rings (SSSR count). The lowest BCUT2D eigenvalue weighted by Crippen LogP contribution is -2.14. The fraction of sp³-hybridized carbons (Fsp3) is 0.571. The van der Waals surface area contributed by atoms with E-state index in [-0.39, 0.29) is 11.3 Å². The maximum absolute atomic E-state index is 5.92. The monoisotopic (exact) mass is 309 g/mol. The van der Waals surface area contributed by atoms with Gasteiger partial charge in [-0.15, -0.1) is 0 Å². The number of unbranched alkanes of at least 4 members (excludes halogenated alkanes) is 1. The Morgan fingerprint density at radius 1 is 1.29 bits per heavy atom. The van der Waals surface area contributed by atoms with Gasteiger partial charge in [-0.3, -0.25) is 0 Å². The van der Waals surface area contributed by atoms with Crippen LogP contribution in [0.2, 0.25) is 5.28 Å². The Morgan fingerprint density at radius 2 is 2.14 bits per heavy atom. The van der Waals surface area contributed by atoms with Crippen molar-refractivity contribution in [1.82, 2.24) is 24.7 Å². The van der Waals surface area contributed by atoms with Gasteiger partial charge in [0.15, 0.2) is 0 Å². The molecule has 2 aromatic heterocycles. The molecule has 0 spiro atoms. The van der Waals surface area contributed by atoms with Crippen LogP contribution in [0.15, 0.2) is 18.5 Å². The first-order valence-corrected chi connectivity index (χ1v) is 7.65. The van der Waals surface area contributed by atoms with Crippen LogP contribution in [0.5, 0.6) is 6.01 Å². The number of aromatic nitrogens is 5. The fourth-order valence-corrected chi connectivity index (χ4v) is 2.11. The normalized spacial score (nSPS) is 12.3. The molecule has 0 N–H and O–H groups in total. The molecule has 0 amide bonds. The molecule has 0 aliphatic rings. The maximum atomic E-state index is 5.92. The van der Waals surface area contributed by atoms with Crippen molar-refractivity contribution in [2.24, 2.45) is 5.92 Å². The molecule has 21 heavy (non-hydrogen) atoms. The van der Waals surface area contributed by atoms with Gasteiger partial charge in [-0.2, -0.15) is 20.1 Å². The maximum Gasteiger partial charge on any atom is 0.322 e. The zero-order valence-electron chi connectivity index (χ0n) is 12.4. The predicted molar refractivity (Wildman–Crippen MR) is 80.8 cm³/mol. The lowest BCUT2D eigenvalue weighted by molar-refractivity contribution is 0.217. The Balaban J connectivity index is 2.03. The van der Waals surface area contributed by atoms with Gasteiger partial charge in [0.05, 0.1) is 6.61 Å². The zero-order valence-corrected chi connectivity index (χ0v) is 13.1. The number of nitrogens with zero attached hydrogens (tertiary/aromatic N) is 5. The third-order valence-electron chi connectivity index (χ3n) is 3.28. The Labute approximate surface area is 129 Å². The highest BCUT2D eigenvalue weighted by Crippen LogP contribution is 2.16. The van der Waals surface area contributed by atoms with Crippen molar-refractivity contribution in [3.63, 3.8) is 0 Å². The molecule has 2 aromatic rings. The van der Waals surface area contributed by atoms with Gasteiger partial charge < -0.3 is 4.74 Å². The van der Waals surface area contributed by atoms with E-state index in [0.29, 0.717) is 18.5 Å². The standard InChI is InChI=1S/C14H20ClN5O/c1-3-5-7-11(4-2)10-21-14-18-12(15)17-13(19-14)20-9-6-8-16-20/h6,8-9,11H,3-5,7,10H2,1-2H3. The molecule has 0 aliphatic carbocycles. The van der Waals surface area contributed by atoms with E-state index < -0.39 is 0 Å². The minimum absolute atomic E-state index is 0.104. The van der Waals surface area contributed by atoms with Crippen molar-refractivity contribution in [2.75, 3.05) is 6.61 Å². The highest BCUT2D eigenvalue weighted by Gasteiger charge is 2.11. The van der Waals surface area contributed by atoms with E-state index in [0.717, 1.165) is 12.8 Å². The smallest absolute Gasteiger partial charge is 0.322 e. The summed E-state index contributed by atoms with van der Waals surface area (Å²) < 4.78 is 7.21. The van der Waals surface area contributed by atoms with E-state index in [2.05, 4.69) is 33.9 Å². The molecule has 0 aromatic carbocycles. The highest BCUT2D eigenvalue weighted by molar-refractivity contribution is 6.28. The Hall–Kier alpha value is -1.69. The topological polar surface area (TPSA) is 65.7 Å². The minimum Gasteiger partial charge on any atom is -0.463 e. The first kappa shape index (κ1) is 15.7. The van der Waals surface area contributed by atoms with E-state index in [1.54, 1.807) is 18.5 Å². The van der Waals surface area contributed by atoms with E-state index >= 15 is 0 Å². The van der Waals surface area contributed by atoms with Gasteiger partial charge in [-0.1, -0.05) is 33.1 Å². The number of ether oxygens (including phenoxy) is 1. The summed E-state index contributed by atoms with van der Waals surface area (Å²) in [4.78, 5) is 12.3. The number of rotatable bonds is 8. The summed E-state index contributed by atoms with van der Waals surface area (Å²) in [5.41, 5.74) is 0. The Kier molecular flexibility index (Phi) is 5.92. The lowest BCUT2D eigenvalue weighted by atomic mass is 10.0. The summed E-state index contributed by atoms with van der Waals surface area (Å²) in [5, 5.41) is 4.17. The molecule has 0 saturated heterocycles. The third-order valence-corrected chi connectivity index (χ3v) is 3.45.